The van der Waals surface area contributed by atoms with Crippen molar-refractivity contribution in [2.45, 2.75) is 84.6 Å². The summed E-state index contributed by atoms with van der Waals surface area (Å²) in [5, 5.41) is 0. The molecule has 1 nitrogen and oxygen atoms in total. The Kier molecular flexibility index (Phi) is 12.1. The van der Waals surface area contributed by atoms with Gasteiger partial charge in [-0.2, -0.15) is 0 Å². The molecule has 152 valence electrons. The predicted octanol–water partition coefficient (Wildman–Crippen LogP) is 7.64. The smallest absolute Gasteiger partial charge is 0.104 e. The van der Waals surface area contributed by atoms with Gasteiger partial charge in [0.2, 0.25) is 0 Å². The number of quaternary nitrogens is 1. The van der Waals surface area contributed by atoms with Crippen LogP contribution in [0.5, 0.6) is 0 Å². The van der Waals surface area contributed by atoms with Crippen molar-refractivity contribution < 1.29 is 4.48 Å². The molecule has 0 saturated heterocycles. The molecule has 27 heavy (non-hydrogen) atoms. The summed E-state index contributed by atoms with van der Waals surface area (Å²) in [5.41, 5.74) is 2.97. The van der Waals surface area contributed by atoms with Gasteiger partial charge in [0.25, 0.3) is 0 Å². The summed E-state index contributed by atoms with van der Waals surface area (Å²) in [5.74, 6) is 0.656. The molecule has 0 aliphatic heterocycles. The van der Waals surface area contributed by atoms with E-state index in [9.17, 15) is 0 Å². The monoisotopic (exact) mass is 370 g/mol. The second-order valence-corrected chi connectivity index (χ2v) is 8.29. The standard InChI is InChI=1S/C26H44N/c1-6-10-13-20-27(21-14-11-7-2,22-15-12-8-3)23-25-16-18-26(19-17-25)24(5)9-4/h6-7,16-19,24H,1-2,8-15,20-23H2,3-5H3/q+1. The Morgan fingerprint density at radius 3 is 1.89 bits per heavy atom. The van der Waals surface area contributed by atoms with E-state index in [0.29, 0.717) is 5.92 Å². The zero-order valence-electron chi connectivity index (χ0n) is 18.4. The Morgan fingerprint density at radius 1 is 0.852 bits per heavy atom. The highest BCUT2D eigenvalue weighted by molar-refractivity contribution is 5.24. The maximum atomic E-state index is 3.93. The first-order valence-corrected chi connectivity index (χ1v) is 11.3. The Morgan fingerprint density at radius 2 is 1.41 bits per heavy atom. The normalized spacial score (nSPS) is 12.7. The molecule has 0 heterocycles. The van der Waals surface area contributed by atoms with Crippen molar-refractivity contribution in [2.75, 3.05) is 19.6 Å². The maximum Gasteiger partial charge on any atom is 0.104 e. The molecule has 0 aromatic heterocycles. The average molecular weight is 371 g/mol. The van der Waals surface area contributed by atoms with Crippen LogP contribution in [0.4, 0.5) is 0 Å². The average Bonchev–Trinajstić information content (AvgIpc) is 2.68. The molecule has 0 aliphatic carbocycles. The van der Waals surface area contributed by atoms with Crippen molar-refractivity contribution in [3.63, 3.8) is 0 Å². The van der Waals surface area contributed by atoms with Gasteiger partial charge in [-0.15, -0.1) is 13.2 Å². The molecule has 1 aromatic carbocycles. The third-order valence-electron chi connectivity index (χ3n) is 6.00. The quantitative estimate of drug-likeness (QED) is 0.159. The number of unbranched alkanes of at least 4 members (excludes halogenated alkanes) is 4. The van der Waals surface area contributed by atoms with Gasteiger partial charge < -0.3 is 4.48 Å². The Labute approximate surface area is 169 Å². The summed E-state index contributed by atoms with van der Waals surface area (Å²) in [4.78, 5) is 0. The zero-order chi connectivity index (χ0) is 20.0. The van der Waals surface area contributed by atoms with Gasteiger partial charge in [0, 0.05) is 18.4 Å². The van der Waals surface area contributed by atoms with Crippen molar-refractivity contribution in [1.82, 2.24) is 0 Å². The van der Waals surface area contributed by atoms with Crippen LogP contribution in [-0.4, -0.2) is 24.1 Å². The summed E-state index contributed by atoms with van der Waals surface area (Å²) >= 11 is 0. The molecule has 0 N–H and O–H groups in total. The first-order valence-electron chi connectivity index (χ1n) is 11.3. The lowest BCUT2D eigenvalue weighted by Crippen LogP contribution is -2.49. The van der Waals surface area contributed by atoms with E-state index in [1.807, 2.05) is 0 Å². The molecule has 0 amide bonds. The molecule has 1 atom stereocenters. The molecule has 0 aliphatic rings. The highest BCUT2D eigenvalue weighted by Crippen LogP contribution is 2.23. The van der Waals surface area contributed by atoms with Crippen LogP contribution in [0.1, 0.15) is 89.2 Å². The van der Waals surface area contributed by atoms with E-state index in [1.54, 1.807) is 0 Å². The summed E-state index contributed by atoms with van der Waals surface area (Å²) in [6.07, 6.45) is 14.1. The summed E-state index contributed by atoms with van der Waals surface area (Å²) in [7, 11) is 0. The van der Waals surface area contributed by atoms with Gasteiger partial charge in [-0.05, 0) is 43.6 Å². The van der Waals surface area contributed by atoms with Gasteiger partial charge in [0.1, 0.15) is 6.54 Å². The SMILES string of the molecule is C=CCCC[N+](CCCC=C)(CCCCC)Cc1ccc(C(C)CC)cc1. The second-order valence-electron chi connectivity index (χ2n) is 8.29. The molecule has 1 rings (SSSR count). The third-order valence-corrected chi connectivity index (χ3v) is 6.00. The van der Waals surface area contributed by atoms with E-state index >= 15 is 0 Å². The summed E-state index contributed by atoms with van der Waals surface area (Å²) in [6.45, 7) is 19.8. The Hall–Kier alpha value is -1.34. The van der Waals surface area contributed by atoms with Crippen LogP contribution in [0.25, 0.3) is 0 Å². The third kappa shape index (κ3) is 8.93. The molecule has 0 fully saturated rings. The lowest BCUT2D eigenvalue weighted by Gasteiger charge is -2.39. The second kappa shape index (κ2) is 13.8. The fourth-order valence-electron chi connectivity index (χ4n) is 3.99. The molecule has 0 radical (unpaired) electrons. The van der Waals surface area contributed by atoms with Crippen LogP contribution >= 0.6 is 0 Å². The fourth-order valence-corrected chi connectivity index (χ4v) is 3.99. The Balaban J connectivity index is 2.95. The maximum absolute atomic E-state index is 3.93. The van der Waals surface area contributed by atoms with Gasteiger partial charge in [0.05, 0.1) is 19.6 Å². The van der Waals surface area contributed by atoms with Crippen LogP contribution in [-0.2, 0) is 6.54 Å². The number of benzene rings is 1. The van der Waals surface area contributed by atoms with Crippen LogP contribution in [0, 0.1) is 0 Å². The van der Waals surface area contributed by atoms with Gasteiger partial charge in [-0.3, -0.25) is 0 Å². The van der Waals surface area contributed by atoms with Crippen molar-refractivity contribution >= 4 is 0 Å². The number of nitrogens with zero attached hydrogens (tertiary/aromatic N) is 1. The van der Waals surface area contributed by atoms with Crippen molar-refractivity contribution in [1.29, 1.82) is 0 Å². The molecular weight excluding hydrogens is 326 g/mol. The minimum atomic E-state index is 0.656. The molecule has 0 saturated carbocycles. The van der Waals surface area contributed by atoms with E-state index in [0.717, 1.165) is 12.8 Å². The molecule has 1 unspecified atom stereocenters. The number of hydrogen-bond acceptors (Lipinski definition) is 0. The first-order chi connectivity index (χ1) is 13.1. The topological polar surface area (TPSA) is 0 Å². The van der Waals surface area contributed by atoms with Gasteiger partial charge >= 0.3 is 0 Å². The van der Waals surface area contributed by atoms with Crippen LogP contribution in [0.15, 0.2) is 49.6 Å². The first kappa shape index (κ1) is 23.7. The predicted molar refractivity (Wildman–Crippen MR) is 122 cm³/mol. The largest absolute Gasteiger partial charge is 0.320 e. The van der Waals surface area contributed by atoms with Crippen molar-refractivity contribution in [2.24, 2.45) is 0 Å². The molecule has 1 aromatic rings. The van der Waals surface area contributed by atoms with Gasteiger partial charge in [0.15, 0.2) is 0 Å². The van der Waals surface area contributed by atoms with E-state index in [-0.39, 0.29) is 0 Å². The minimum absolute atomic E-state index is 0.656. The van der Waals surface area contributed by atoms with Crippen LogP contribution in [0.3, 0.4) is 0 Å². The van der Waals surface area contributed by atoms with Crippen molar-refractivity contribution in [3.8, 4) is 0 Å². The number of hydrogen-bond donors (Lipinski definition) is 0. The molecule has 1 heteroatoms. The minimum Gasteiger partial charge on any atom is -0.320 e. The lowest BCUT2D eigenvalue weighted by molar-refractivity contribution is -0.941. The molecule has 0 spiro atoms. The van der Waals surface area contributed by atoms with E-state index in [2.05, 4.69) is 70.3 Å². The summed E-state index contributed by atoms with van der Waals surface area (Å²) in [6, 6.07) is 9.49. The van der Waals surface area contributed by atoms with Gasteiger partial charge in [-0.25, -0.2) is 0 Å². The summed E-state index contributed by atoms with van der Waals surface area (Å²) < 4.78 is 1.23. The highest BCUT2D eigenvalue weighted by atomic mass is 15.3. The van der Waals surface area contributed by atoms with E-state index in [1.165, 1.54) is 80.3 Å². The fraction of sp³-hybridized carbons (Fsp3) is 0.615. The lowest BCUT2D eigenvalue weighted by atomic mass is 9.97. The van der Waals surface area contributed by atoms with E-state index in [4.69, 9.17) is 0 Å². The zero-order valence-corrected chi connectivity index (χ0v) is 18.4. The van der Waals surface area contributed by atoms with Gasteiger partial charge in [-0.1, -0.05) is 63.6 Å². The molecular formula is C26H44N+. The van der Waals surface area contributed by atoms with Crippen LogP contribution in [0.2, 0.25) is 0 Å². The van der Waals surface area contributed by atoms with E-state index < -0.39 is 0 Å². The van der Waals surface area contributed by atoms with Crippen molar-refractivity contribution in [3.05, 3.63) is 60.7 Å². The van der Waals surface area contributed by atoms with Crippen LogP contribution < -0.4 is 0 Å². The molecule has 0 bridgehead atoms. The Bertz CT molecular complexity index is 500. The highest BCUT2D eigenvalue weighted by Gasteiger charge is 2.26. The number of allylic oxidation sites excluding steroid dienone is 2. The number of rotatable bonds is 16.